The summed E-state index contributed by atoms with van der Waals surface area (Å²) in [5, 5.41) is 4.59. The summed E-state index contributed by atoms with van der Waals surface area (Å²) in [5.74, 6) is -0.988. The van der Waals surface area contributed by atoms with Crippen LogP contribution in [0.1, 0.15) is 60.1 Å². The van der Waals surface area contributed by atoms with Crippen LogP contribution in [0, 0.1) is 0 Å². The highest BCUT2D eigenvalue weighted by atomic mass is 32.1. The Bertz CT molecular complexity index is 871. The van der Waals surface area contributed by atoms with E-state index in [1.54, 1.807) is 43.3 Å². The van der Waals surface area contributed by atoms with Gasteiger partial charge in [0.05, 0.1) is 10.4 Å². The van der Waals surface area contributed by atoms with Crippen molar-refractivity contribution >= 4 is 34.8 Å². The smallest absolute Gasteiger partial charge is 0.338 e. The van der Waals surface area contributed by atoms with Gasteiger partial charge in [-0.3, -0.25) is 9.59 Å². The average Bonchev–Trinajstić information content (AvgIpc) is 3.23. The van der Waals surface area contributed by atoms with Gasteiger partial charge in [0.1, 0.15) is 0 Å². The van der Waals surface area contributed by atoms with Gasteiger partial charge in [-0.2, -0.15) is 0 Å². The number of ether oxygens (including phenoxy) is 1. The number of anilines is 1. The van der Waals surface area contributed by atoms with E-state index < -0.39 is 12.1 Å². The van der Waals surface area contributed by atoms with Gasteiger partial charge >= 0.3 is 5.97 Å². The third-order valence-corrected chi connectivity index (χ3v) is 6.05. The molecule has 3 atom stereocenters. The number of esters is 1. The predicted octanol–water partition coefficient (Wildman–Crippen LogP) is 4.34. The van der Waals surface area contributed by atoms with E-state index in [9.17, 15) is 14.4 Å². The third-order valence-electron chi connectivity index (χ3n) is 5.18. The second-order valence-electron chi connectivity index (χ2n) is 7.43. The van der Waals surface area contributed by atoms with Gasteiger partial charge in [0, 0.05) is 17.8 Å². The van der Waals surface area contributed by atoms with Crippen molar-refractivity contribution in [2.45, 2.75) is 58.2 Å². The maximum atomic E-state index is 12.8. The highest BCUT2D eigenvalue weighted by Gasteiger charge is 2.33. The molecule has 2 amide bonds. The molecule has 1 aliphatic heterocycles. The summed E-state index contributed by atoms with van der Waals surface area (Å²) >= 11 is 1.34. The molecule has 1 aliphatic rings. The Morgan fingerprint density at radius 2 is 1.86 bits per heavy atom. The van der Waals surface area contributed by atoms with Crippen molar-refractivity contribution in [1.82, 2.24) is 4.90 Å². The molecule has 0 radical (unpaired) electrons. The molecule has 0 aliphatic carbocycles. The number of benzene rings is 1. The number of amides is 2. The van der Waals surface area contributed by atoms with E-state index >= 15 is 0 Å². The van der Waals surface area contributed by atoms with Crippen LogP contribution in [0.15, 0.2) is 41.8 Å². The van der Waals surface area contributed by atoms with E-state index in [-0.39, 0.29) is 29.5 Å². The maximum Gasteiger partial charge on any atom is 0.338 e. The molecule has 154 valence electrons. The van der Waals surface area contributed by atoms with E-state index in [2.05, 4.69) is 5.32 Å². The molecule has 1 aromatic heterocycles. The first-order valence-electron chi connectivity index (χ1n) is 9.85. The van der Waals surface area contributed by atoms with E-state index in [4.69, 9.17) is 4.74 Å². The van der Waals surface area contributed by atoms with E-state index in [0.717, 1.165) is 19.3 Å². The van der Waals surface area contributed by atoms with Gasteiger partial charge in [0.2, 0.25) is 0 Å². The lowest BCUT2D eigenvalue weighted by Crippen LogP contribution is -2.51. The average molecular weight is 415 g/mol. The summed E-state index contributed by atoms with van der Waals surface area (Å²) < 4.78 is 5.44. The van der Waals surface area contributed by atoms with Crippen LogP contribution in [0.4, 0.5) is 5.69 Å². The van der Waals surface area contributed by atoms with Crippen molar-refractivity contribution in [1.29, 1.82) is 0 Å². The second kappa shape index (κ2) is 9.22. The van der Waals surface area contributed by atoms with Gasteiger partial charge in [-0.25, -0.2) is 4.79 Å². The molecule has 7 heteroatoms. The number of carbonyl (C=O) groups excluding carboxylic acids is 3. The molecule has 1 N–H and O–H groups in total. The molecule has 1 saturated heterocycles. The summed E-state index contributed by atoms with van der Waals surface area (Å²) in [7, 11) is 0. The summed E-state index contributed by atoms with van der Waals surface area (Å²) in [6, 6.07) is 10.3. The number of hydrogen-bond acceptors (Lipinski definition) is 5. The molecule has 2 heterocycles. The van der Waals surface area contributed by atoms with Crippen molar-refractivity contribution in [3.63, 3.8) is 0 Å². The van der Waals surface area contributed by atoms with Gasteiger partial charge < -0.3 is 15.0 Å². The fraction of sp³-hybridized carbons (Fsp3) is 0.409. The highest BCUT2D eigenvalue weighted by Crippen LogP contribution is 2.24. The number of hydrogen-bond donors (Lipinski definition) is 1. The van der Waals surface area contributed by atoms with E-state index in [0.29, 0.717) is 10.6 Å². The Kier molecular flexibility index (Phi) is 6.69. The third kappa shape index (κ3) is 5.03. The summed E-state index contributed by atoms with van der Waals surface area (Å²) in [6.45, 7) is 5.67. The maximum absolute atomic E-state index is 12.8. The zero-order chi connectivity index (χ0) is 21.0. The largest absolute Gasteiger partial charge is 0.449 e. The number of nitrogens with zero attached hydrogens (tertiary/aromatic N) is 1. The Morgan fingerprint density at radius 3 is 2.52 bits per heavy atom. The molecule has 0 bridgehead atoms. The Labute approximate surface area is 174 Å². The molecular formula is C22H26N2O4S. The van der Waals surface area contributed by atoms with Crippen molar-refractivity contribution in [2.75, 3.05) is 5.32 Å². The van der Waals surface area contributed by atoms with Crippen LogP contribution in [0.3, 0.4) is 0 Å². The molecule has 29 heavy (non-hydrogen) atoms. The number of piperidine rings is 1. The van der Waals surface area contributed by atoms with Gasteiger partial charge in [0.25, 0.3) is 11.8 Å². The SMILES string of the molecule is C[C@@H]1CCC[C@@H](C)N1C(=O)[C@@H](C)OC(=O)c1cccc(NC(=O)c2cccs2)c1. The first-order valence-corrected chi connectivity index (χ1v) is 10.7. The second-order valence-corrected chi connectivity index (χ2v) is 8.38. The quantitative estimate of drug-likeness (QED) is 0.739. The van der Waals surface area contributed by atoms with Crippen molar-refractivity contribution < 1.29 is 19.1 Å². The van der Waals surface area contributed by atoms with Crippen molar-refractivity contribution in [3.05, 3.63) is 52.2 Å². The fourth-order valence-electron chi connectivity index (χ4n) is 3.67. The minimum Gasteiger partial charge on any atom is -0.449 e. The standard InChI is InChI=1S/C22H26N2O4S/c1-14-7-4-8-15(2)24(14)21(26)16(3)28-22(27)17-9-5-10-18(13-17)23-20(25)19-11-6-12-29-19/h5-6,9-16H,4,7-8H2,1-3H3,(H,23,25)/t14-,15-,16-/m1/s1. The number of nitrogens with one attached hydrogen (secondary N) is 1. The van der Waals surface area contributed by atoms with Crippen LogP contribution in [-0.4, -0.2) is 40.9 Å². The molecule has 2 aromatic rings. The van der Waals surface area contributed by atoms with Gasteiger partial charge in [-0.05, 0) is 69.7 Å². The van der Waals surface area contributed by atoms with Crippen LogP contribution in [0.5, 0.6) is 0 Å². The summed E-state index contributed by atoms with van der Waals surface area (Å²) in [6.07, 6.45) is 2.16. The predicted molar refractivity (Wildman–Crippen MR) is 113 cm³/mol. The van der Waals surface area contributed by atoms with Crippen molar-refractivity contribution in [2.24, 2.45) is 0 Å². The van der Waals surface area contributed by atoms with Gasteiger partial charge in [-0.15, -0.1) is 11.3 Å². The molecular weight excluding hydrogens is 388 g/mol. The van der Waals surface area contributed by atoms with Gasteiger partial charge in [0.15, 0.2) is 6.10 Å². The minimum atomic E-state index is -0.866. The van der Waals surface area contributed by atoms with E-state index in [1.807, 2.05) is 24.1 Å². The number of rotatable bonds is 5. The Hall–Kier alpha value is -2.67. The lowest BCUT2D eigenvalue weighted by molar-refractivity contribution is -0.146. The number of thiophene rings is 1. The van der Waals surface area contributed by atoms with Gasteiger partial charge in [-0.1, -0.05) is 12.1 Å². The first-order chi connectivity index (χ1) is 13.9. The molecule has 0 saturated carbocycles. The van der Waals surface area contributed by atoms with Crippen LogP contribution in [0.25, 0.3) is 0 Å². The van der Waals surface area contributed by atoms with Crippen LogP contribution < -0.4 is 5.32 Å². The monoisotopic (exact) mass is 414 g/mol. The zero-order valence-corrected chi connectivity index (χ0v) is 17.7. The summed E-state index contributed by atoms with van der Waals surface area (Å²) in [4.78, 5) is 40.0. The number of carbonyl (C=O) groups is 3. The normalized spacial score (nSPS) is 20.0. The number of likely N-dealkylation sites (tertiary alicyclic amines) is 1. The van der Waals surface area contributed by atoms with Crippen LogP contribution in [-0.2, 0) is 9.53 Å². The Balaban J connectivity index is 1.64. The van der Waals surface area contributed by atoms with E-state index in [1.165, 1.54) is 11.3 Å². The minimum absolute atomic E-state index is 0.142. The lowest BCUT2D eigenvalue weighted by atomic mass is 9.97. The summed E-state index contributed by atoms with van der Waals surface area (Å²) in [5.41, 5.74) is 0.781. The molecule has 0 spiro atoms. The fourth-order valence-corrected chi connectivity index (χ4v) is 4.29. The lowest BCUT2D eigenvalue weighted by Gasteiger charge is -2.40. The van der Waals surface area contributed by atoms with Crippen LogP contribution in [0.2, 0.25) is 0 Å². The molecule has 0 unspecified atom stereocenters. The molecule has 3 rings (SSSR count). The molecule has 1 fully saturated rings. The molecule has 1 aromatic carbocycles. The topological polar surface area (TPSA) is 75.7 Å². The zero-order valence-electron chi connectivity index (χ0n) is 16.9. The highest BCUT2D eigenvalue weighted by molar-refractivity contribution is 7.12. The van der Waals surface area contributed by atoms with Crippen molar-refractivity contribution in [3.8, 4) is 0 Å². The Morgan fingerprint density at radius 1 is 1.14 bits per heavy atom. The van der Waals surface area contributed by atoms with Crippen LogP contribution >= 0.6 is 11.3 Å². The first kappa shape index (κ1) is 21.0. The molecule has 6 nitrogen and oxygen atoms in total.